The summed E-state index contributed by atoms with van der Waals surface area (Å²) in [6, 6.07) is 6.51. The molecular weight excluding hydrogens is 308 g/mol. The van der Waals surface area contributed by atoms with Gasteiger partial charge in [-0.25, -0.2) is 0 Å². The van der Waals surface area contributed by atoms with E-state index in [0.29, 0.717) is 30.9 Å². The first-order valence-electron chi connectivity index (χ1n) is 6.81. The predicted octanol–water partition coefficient (Wildman–Crippen LogP) is 2.05. The number of rotatable bonds is 8. The van der Waals surface area contributed by atoms with E-state index in [0.717, 1.165) is 0 Å². The molecule has 0 unspecified atom stereocenters. The molecule has 0 spiro atoms. The molecule has 1 rings (SSSR count). The van der Waals surface area contributed by atoms with Gasteiger partial charge in [-0.1, -0.05) is 11.6 Å². The zero-order chi connectivity index (χ0) is 16.4. The van der Waals surface area contributed by atoms with Crippen LogP contribution in [0.5, 0.6) is 5.75 Å². The third-order valence-corrected chi connectivity index (χ3v) is 2.90. The van der Waals surface area contributed by atoms with E-state index in [4.69, 9.17) is 26.3 Å². The highest BCUT2D eigenvalue weighted by Gasteiger charge is 2.07. The highest BCUT2D eigenvalue weighted by molar-refractivity contribution is 6.32. The van der Waals surface area contributed by atoms with Gasteiger partial charge in [-0.15, -0.1) is 0 Å². The summed E-state index contributed by atoms with van der Waals surface area (Å²) < 4.78 is 10.0. The third kappa shape index (κ3) is 6.46. The Hall–Kier alpha value is -2.26. The van der Waals surface area contributed by atoms with Gasteiger partial charge in [0.2, 0.25) is 0 Å². The van der Waals surface area contributed by atoms with E-state index in [2.05, 4.69) is 5.32 Å². The van der Waals surface area contributed by atoms with Crippen LogP contribution in [0.2, 0.25) is 5.02 Å². The van der Waals surface area contributed by atoms with E-state index in [9.17, 15) is 9.59 Å². The molecule has 0 saturated carbocycles. The summed E-state index contributed by atoms with van der Waals surface area (Å²) in [6.45, 7) is 2.27. The van der Waals surface area contributed by atoms with E-state index < -0.39 is 0 Å². The maximum absolute atomic E-state index is 11.6. The minimum atomic E-state index is -0.315. The maximum Gasteiger partial charge on any atom is 0.305 e. The molecule has 0 saturated heterocycles. The van der Waals surface area contributed by atoms with Crippen LogP contribution in [-0.2, 0) is 14.3 Å². The lowest BCUT2D eigenvalue weighted by Crippen LogP contribution is -2.30. The molecule has 0 fully saturated rings. The van der Waals surface area contributed by atoms with Gasteiger partial charge in [-0.3, -0.25) is 9.59 Å². The predicted molar refractivity (Wildman–Crippen MR) is 80.5 cm³/mol. The fourth-order valence-corrected chi connectivity index (χ4v) is 1.81. The van der Waals surface area contributed by atoms with Crippen LogP contribution in [0.25, 0.3) is 0 Å². The fourth-order valence-electron chi connectivity index (χ4n) is 1.58. The number of amides is 1. The van der Waals surface area contributed by atoms with Gasteiger partial charge in [0.05, 0.1) is 23.3 Å². The second kappa shape index (κ2) is 9.64. The lowest BCUT2D eigenvalue weighted by Gasteiger charge is -2.08. The molecule has 0 aliphatic heterocycles. The number of nitriles is 1. The van der Waals surface area contributed by atoms with Crippen LogP contribution in [0, 0.1) is 11.3 Å². The van der Waals surface area contributed by atoms with Crippen LogP contribution in [0.1, 0.15) is 25.3 Å². The van der Waals surface area contributed by atoms with Crippen molar-refractivity contribution in [3.05, 3.63) is 28.8 Å². The normalized spacial score (nSPS) is 9.68. The molecule has 1 amide bonds. The van der Waals surface area contributed by atoms with Gasteiger partial charge in [0, 0.05) is 13.0 Å². The number of nitrogens with one attached hydrogen (secondary N) is 1. The number of carbonyl (C=O) groups excluding carboxylic acids is 2. The molecule has 0 radical (unpaired) electrons. The molecule has 118 valence electrons. The van der Waals surface area contributed by atoms with Gasteiger partial charge in [0.25, 0.3) is 5.91 Å². The Labute approximate surface area is 134 Å². The molecule has 1 aromatic carbocycles. The average Bonchev–Trinajstić information content (AvgIpc) is 2.50. The summed E-state index contributed by atoms with van der Waals surface area (Å²) in [4.78, 5) is 22.7. The maximum atomic E-state index is 11.6. The first-order chi connectivity index (χ1) is 10.6. The highest BCUT2D eigenvalue weighted by atomic mass is 35.5. The van der Waals surface area contributed by atoms with Crippen molar-refractivity contribution in [2.24, 2.45) is 0 Å². The van der Waals surface area contributed by atoms with Crippen LogP contribution < -0.4 is 10.1 Å². The van der Waals surface area contributed by atoms with Gasteiger partial charge < -0.3 is 14.8 Å². The van der Waals surface area contributed by atoms with Crippen LogP contribution in [0.4, 0.5) is 0 Å². The van der Waals surface area contributed by atoms with Crippen molar-refractivity contribution in [1.29, 1.82) is 5.26 Å². The van der Waals surface area contributed by atoms with Crippen LogP contribution in [0.15, 0.2) is 18.2 Å². The van der Waals surface area contributed by atoms with E-state index in [-0.39, 0.29) is 29.9 Å². The molecule has 0 aromatic heterocycles. The summed E-state index contributed by atoms with van der Waals surface area (Å²) in [7, 11) is 0. The Bertz CT molecular complexity index is 569. The summed E-state index contributed by atoms with van der Waals surface area (Å²) in [5.41, 5.74) is 0.417. The molecule has 7 heteroatoms. The summed E-state index contributed by atoms with van der Waals surface area (Å²) in [5, 5.41) is 11.6. The standard InChI is InChI=1S/C15H17ClN2O4/c1-2-21-15(20)4-3-7-18-14(19)10-22-13-6-5-11(9-17)8-12(13)16/h5-6,8H,2-4,7,10H2,1H3,(H,18,19). The van der Waals surface area contributed by atoms with Crippen molar-refractivity contribution in [3.63, 3.8) is 0 Å². The van der Waals surface area contributed by atoms with Crippen LogP contribution in [-0.4, -0.2) is 31.6 Å². The molecule has 0 atom stereocenters. The number of hydrogen-bond acceptors (Lipinski definition) is 5. The number of hydrogen-bond donors (Lipinski definition) is 1. The Balaban J connectivity index is 2.26. The van der Waals surface area contributed by atoms with Crippen LogP contribution >= 0.6 is 11.6 Å². The number of esters is 1. The Morgan fingerprint density at radius 3 is 2.82 bits per heavy atom. The number of ether oxygens (including phenoxy) is 2. The molecule has 0 aliphatic carbocycles. The Morgan fingerprint density at radius 1 is 1.41 bits per heavy atom. The third-order valence-electron chi connectivity index (χ3n) is 2.60. The average molecular weight is 325 g/mol. The Morgan fingerprint density at radius 2 is 2.18 bits per heavy atom. The number of halogens is 1. The first-order valence-corrected chi connectivity index (χ1v) is 7.19. The Kier molecular flexibility index (Phi) is 7.79. The molecule has 1 N–H and O–H groups in total. The largest absolute Gasteiger partial charge is 0.482 e. The van der Waals surface area contributed by atoms with Crippen molar-refractivity contribution in [2.75, 3.05) is 19.8 Å². The van der Waals surface area contributed by atoms with Crippen molar-refractivity contribution < 1.29 is 19.1 Å². The van der Waals surface area contributed by atoms with Crippen molar-refractivity contribution in [1.82, 2.24) is 5.32 Å². The SMILES string of the molecule is CCOC(=O)CCCNC(=O)COc1ccc(C#N)cc1Cl. The second-order valence-corrected chi connectivity index (χ2v) is 4.71. The van der Waals surface area contributed by atoms with Gasteiger partial charge >= 0.3 is 5.97 Å². The minimum Gasteiger partial charge on any atom is -0.482 e. The summed E-state index contributed by atoms with van der Waals surface area (Å²) in [6.07, 6.45) is 0.763. The van der Waals surface area contributed by atoms with Crippen molar-refractivity contribution in [2.45, 2.75) is 19.8 Å². The molecule has 0 aliphatic rings. The van der Waals surface area contributed by atoms with E-state index >= 15 is 0 Å². The van der Waals surface area contributed by atoms with E-state index in [1.807, 2.05) is 6.07 Å². The molecule has 0 heterocycles. The number of carbonyl (C=O) groups is 2. The smallest absolute Gasteiger partial charge is 0.305 e. The minimum absolute atomic E-state index is 0.189. The van der Waals surface area contributed by atoms with Crippen molar-refractivity contribution in [3.8, 4) is 11.8 Å². The monoisotopic (exact) mass is 324 g/mol. The van der Waals surface area contributed by atoms with Gasteiger partial charge in [-0.05, 0) is 31.5 Å². The highest BCUT2D eigenvalue weighted by Crippen LogP contribution is 2.24. The zero-order valence-electron chi connectivity index (χ0n) is 12.2. The molecule has 0 bridgehead atoms. The number of nitrogens with zero attached hydrogens (tertiary/aromatic N) is 1. The number of benzene rings is 1. The van der Waals surface area contributed by atoms with Crippen LogP contribution in [0.3, 0.4) is 0 Å². The van der Waals surface area contributed by atoms with Gasteiger partial charge in [-0.2, -0.15) is 5.26 Å². The molecule has 22 heavy (non-hydrogen) atoms. The van der Waals surface area contributed by atoms with Gasteiger partial charge in [0.15, 0.2) is 6.61 Å². The molecule has 1 aromatic rings. The first kappa shape index (κ1) is 17.8. The van der Waals surface area contributed by atoms with Crippen molar-refractivity contribution >= 4 is 23.5 Å². The fraction of sp³-hybridized carbons (Fsp3) is 0.400. The topological polar surface area (TPSA) is 88.4 Å². The molecular formula is C15H17ClN2O4. The quantitative estimate of drug-likeness (QED) is 0.584. The second-order valence-electron chi connectivity index (χ2n) is 4.30. The van der Waals surface area contributed by atoms with E-state index in [1.165, 1.54) is 12.1 Å². The van der Waals surface area contributed by atoms with Gasteiger partial charge in [0.1, 0.15) is 5.75 Å². The lowest BCUT2D eigenvalue weighted by molar-refractivity contribution is -0.143. The van der Waals surface area contributed by atoms with E-state index in [1.54, 1.807) is 13.0 Å². The summed E-state index contributed by atoms with van der Waals surface area (Å²) in [5.74, 6) is -0.260. The molecule has 6 nitrogen and oxygen atoms in total. The summed E-state index contributed by atoms with van der Waals surface area (Å²) >= 11 is 5.92. The lowest BCUT2D eigenvalue weighted by atomic mass is 10.2. The zero-order valence-corrected chi connectivity index (χ0v) is 13.0.